The van der Waals surface area contributed by atoms with Crippen LogP contribution in [0, 0.1) is 0 Å². The maximum atomic E-state index is 12.5. The average Bonchev–Trinajstić information content (AvgIpc) is 3.00. The van der Waals surface area contributed by atoms with Crippen molar-refractivity contribution in [1.29, 1.82) is 0 Å². The zero-order valence-electron chi connectivity index (χ0n) is 14.3. The number of nitrogen functional groups attached to an aromatic ring is 1. The van der Waals surface area contributed by atoms with Gasteiger partial charge in [-0.05, 0) is 55.9 Å². The molecule has 0 saturated heterocycles. The highest BCUT2D eigenvalue weighted by Gasteiger charge is 2.12. The Balaban J connectivity index is 1.74. The van der Waals surface area contributed by atoms with Gasteiger partial charge >= 0.3 is 0 Å². The Morgan fingerprint density at radius 2 is 2.00 bits per heavy atom. The van der Waals surface area contributed by atoms with Crippen LogP contribution in [-0.4, -0.2) is 38.1 Å². The third-order valence-electron chi connectivity index (χ3n) is 3.73. The van der Waals surface area contributed by atoms with Crippen LogP contribution in [-0.2, 0) is 0 Å². The number of carbonyl (C=O) groups is 1. The van der Waals surface area contributed by atoms with E-state index in [0.717, 1.165) is 22.4 Å². The van der Waals surface area contributed by atoms with E-state index in [1.54, 1.807) is 12.1 Å². The van der Waals surface area contributed by atoms with Gasteiger partial charge in [0, 0.05) is 11.2 Å². The normalized spacial score (nSPS) is 11.0. The molecule has 1 aromatic heterocycles. The standard InChI is InChI=1S/C19H21N3O2S/c1-22(2)9-10-24-14-7-8-17-13(11-14)12-18(25-17)19(23)21-16-6-4-3-5-15(16)20/h3-8,11-12H,9-10,20H2,1-2H3,(H,21,23). The van der Waals surface area contributed by atoms with Gasteiger partial charge in [0.05, 0.1) is 16.3 Å². The number of anilines is 2. The first-order valence-electron chi connectivity index (χ1n) is 8.00. The van der Waals surface area contributed by atoms with Gasteiger partial charge in [-0.1, -0.05) is 12.1 Å². The first-order chi connectivity index (χ1) is 12.0. The summed E-state index contributed by atoms with van der Waals surface area (Å²) >= 11 is 1.45. The maximum Gasteiger partial charge on any atom is 0.265 e. The Morgan fingerprint density at radius 3 is 2.76 bits per heavy atom. The predicted molar refractivity (Wildman–Crippen MR) is 105 cm³/mol. The molecule has 130 valence electrons. The zero-order valence-corrected chi connectivity index (χ0v) is 15.1. The molecule has 2 aromatic carbocycles. The number of carbonyl (C=O) groups excluding carboxylic acids is 1. The van der Waals surface area contributed by atoms with Crippen molar-refractivity contribution in [1.82, 2.24) is 4.90 Å². The number of nitrogens with one attached hydrogen (secondary N) is 1. The molecule has 0 spiro atoms. The van der Waals surface area contributed by atoms with Crippen LogP contribution in [0.25, 0.3) is 10.1 Å². The highest BCUT2D eigenvalue weighted by Crippen LogP contribution is 2.30. The summed E-state index contributed by atoms with van der Waals surface area (Å²) in [7, 11) is 4.02. The molecular formula is C19H21N3O2S. The van der Waals surface area contributed by atoms with Crippen molar-refractivity contribution in [2.75, 3.05) is 38.3 Å². The average molecular weight is 355 g/mol. The van der Waals surface area contributed by atoms with E-state index in [1.165, 1.54) is 11.3 Å². The lowest BCUT2D eigenvalue weighted by Gasteiger charge is -2.10. The Hall–Kier alpha value is -2.57. The molecular weight excluding hydrogens is 334 g/mol. The minimum Gasteiger partial charge on any atom is -0.492 e. The second kappa shape index (κ2) is 7.55. The van der Waals surface area contributed by atoms with Crippen molar-refractivity contribution in [2.24, 2.45) is 0 Å². The van der Waals surface area contributed by atoms with Gasteiger partial charge in [-0.2, -0.15) is 0 Å². The van der Waals surface area contributed by atoms with Crippen LogP contribution in [0.3, 0.4) is 0 Å². The number of benzene rings is 2. The van der Waals surface area contributed by atoms with Gasteiger partial charge in [0.25, 0.3) is 5.91 Å². The van der Waals surface area contributed by atoms with E-state index in [-0.39, 0.29) is 5.91 Å². The van der Waals surface area contributed by atoms with E-state index >= 15 is 0 Å². The minimum absolute atomic E-state index is 0.158. The fourth-order valence-electron chi connectivity index (χ4n) is 2.36. The topological polar surface area (TPSA) is 67.6 Å². The van der Waals surface area contributed by atoms with Crippen LogP contribution in [0.2, 0.25) is 0 Å². The number of fused-ring (bicyclic) bond motifs is 1. The summed E-state index contributed by atoms with van der Waals surface area (Å²) in [5.41, 5.74) is 7.05. The molecule has 25 heavy (non-hydrogen) atoms. The molecule has 3 rings (SSSR count). The van der Waals surface area contributed by atoms with Gasteiger partial charge in [-0.3, -0.25) is 4.79 Å². The number of nitrogens with two attached hydrogens (primary N) is 1. The number of amides is 1. The molecule has 0 bridgehead atoms. The van der Waals surface area contributed by atoms with Gasteiger partial charge in [0.1, 0.15) is 12.4 Å². The second-order valence-electron chi connectivity index (χ2n) is 6.00. The maximum absolute atomic E-state index is 12.5. The number of nitrogens with zero attached hydrogens (tertiary/aromatic N) is 1. The van der Waals surface area contributed by atoms with Crippen LogP contribution in [0.1, 0.15) is 9.67 Å². The Labute approximate surface area is 151 Å². The fourth-order valence-corrected chi connectivity index (χ4v) is 3.30. The second-order valence-corrected chi connectivity index (χ2v) is 7.09. The molecule has 5 nitrogen and oxygen atoms in total. The minimum atomic E-state index is -0.158. The largest absolute Gasteiger partial charge is 0.492 e. The van der Waals surface area contributed by atoms with Crippen molar-refractivity contribution in [3.8, 4) is 5.75 Å². The van der Waals surface area contributed by atoms with E-state index in [4.69, 9.17) is 10.5 Å². The van der Waals surface area contributed by atoms with Crippen LogP contribution in [0.15, 0.2) is 48.5 Å². The third kappa shape index (κ3) is 4.29. The molecule has 0 aliphatic heterocycles. The number of hydrogen-bond donors (Lipinski definition) is 2. The molecule has 0 unspecified atom stereocenters. The molecule has 3 aromatic rings. The summed E-state index contributed by atoms with van der Waals surface area (Å²) in [4.78, 5) is 15.2. The van der Waals surface area contributed by atoms with Crippen molar-refractivity contribution in [3.63, 3.8) is 0 Å². The van der Waals surface area contributed by atoms with E-state index in [2.05, 4.69) is 10.2 Å². The number of likely N-dealkylation sites (N-methyl/N-ethyl adjacent to an activating group) is 1. The molecule has 0 saturated carbocycles. The summed E-state index contributed by atoms with van der Waals surface area (Å²) in [6.07, 6.45) is 0. The summed E-state index contributed by atoms with van der Waals surface area (Å²) in [5, 5.41) is 3.86. The zero-order chi connectivity index (χ0) is 17.8. The molecule has 0 aliphatic carbocycles. The number of thiophene rings is 1. The van der Waals surface area contributed by atoms with Gasteiger partial charge in [-0.15, -0.1) is 11.3 Å². The summed E-state index contributed by atoms with van der Waals surface area (Å²) < 4.78 is 6.80. The molecule has 3 N–H and O–H groups in total. The van der Waals surface area contributed by atoms with Crippen molar-refractivity contribution >= 4 is 38.7 Å². The predicted octanol–water partition coefficient (Wildman–Crippen LogP) is 3.68. The Morgan fingerprint density at radius 1 is 1.20 bits per heavy atom. The highest BCUT2D eigenvalue weighted by molar-refractivity contribution is 7.20. The van der Waals surface area contributed by atoms with E-state index in [0.29, 0.717) is 22.9 Å². The molecule has 1 heterocycles. The lowest BCUT2D eigenvalue weighted by Crippen LogP contribution is -2.19. The monoisotopic (exact) mass is 355 g/mol. The van der Waals surface area contributed by atoms with Gasteiger partial charge in [-0.25, -0.2) is 0 Å². The number of hydrogen-bond acceptors (Lipinski definition) is 5. The number of ether oxygens (including phenoxy) is 1. The Kier molecular flexibility index (Phi) is 5.21. The van der Waals surface area contributed by atoms with Gasteiger partial charge in [0.15, 0.2) is 0 Å². The van der Waals surface area contributed by atoms with Gasteiger partial charge in [0.2, 0.25) is 0 Å². The van der Waals surface area contributed by atoms with Crippen molar-refractivity contribution in [2.45, 2.75) is 0 Å². The van der Waals surface area contributed by atoms with Crippen LogP contribution in [0.4, 0.5) is 11.4 Å². The lowest BCUT2D eigenvalue weighted by atomic mass is 10.2. The molecule has 6 heteroatoms. The molecule has 1 amide bonds. The molecule has 0 aliphatic rings. The number of para-hydroxylation sites is 2. The summed E-state index contributed by atoms with van der Waals surface area (Å²) in [6.45, 7) is 1.48. The van der Waals surface area contributed by atoms with E-state index in [1.807, 2.05) is 50.5 Å². The fraction of sp³-hybridized carbons (Fsp3) is 0.211. The number of rotatable bonds is 6. The van der Waals surface area contributed by atoms with Crippen LogP contribution >= 0.6 is 11.3 Å². The van der Waals surface area contributed by atoms with E-state index in [9.17, 15) is 4.79 Å². The molecule has 0 fully saturated rings. The quantitative estimate of drug-likeness (QED) is 0.662. The summed E-state index contributed by atoms with van der Waals surface area (Å²) in [5.74, 6) is 0.653. The summed E-state index contributed by atoms with van der Waals surface area (Å²) in [6, 6.07) is 15.0. The van der Waals surface area contributed by atoms with Crippen LogP contribution < -0.4 is 15.8 Å². The molecule has 0 radical (unpaired) electrons. The third-order valence-corrected chi connectivity index (χ3v) is 4.84. The van der Waals surface area contributed by atoms with Gasteiger partial charge < -0.3 is 20.7 Å². The highest BCUT2D eigenvalue weighted by atomic mass is 32.1. The van der Waals surface area contributed by atoms with Crippen molar-refractivity contribution in [3.05, 3.63) is 53.4 Å². The smallest absolute Gasteiger partial charge is 0.265 e. The molecule has 0 atom stereocenters. The van der Waals surface area contributed by atoms with Crippen molar-refractivity contribution < 1.29 is 9.53 Å². The Bertz CT molecular complexity index is 889. The first kappa shape index (κ1) is 17.3. The lowest BCUT2D eigenvalue weighted by molar-refractivity contribution is 0.103. The van der Waals surface area contributed by atoms with Crippen LogP contribution in [0.5, 0.6) is 5.75 Å². The SMILES string of the molecule is CN(C)CCOc1ccc2sc(C(=O)Nc3ccccc3N)cc2c1. The first-order valence-corrected chi connectivity index (χ1v) is 8.81. The van der Waals surface area contributed by atoms with E-state index < -0.39 is 0 Å².